The Morgan fingerprint density at radius 2 is 1.71 bits per heavy atom. The molecule has 0 radical (unpaired) electrons. The van der Waals surface area contributed by atoms with Crippen LogP contribution in [-0.4, -0.2) is 44.1 Å². The summed E-state index contributed by atoms with van der Waals surface area (Å²) in [6, 6.07) is 5.27. The van der Waals surface area contributed by atoms with Gasteiger partial charge in [-0.05, 0) is 37.6 Å². The topological polar surface area (TPSA) is 115 Å². The maximum atomic E-state index is 14.5. The number of nitrogens with zero attached hydrogens (tertiary/aromatic N) is 4. The number of thiazole rings is 2. The van der Waals surface area contributed by atoms with Crippen molar-refractivity contribution < 1.29 is 28.2 Å². The Labute approximate surface area is 200 Å². The van der Waals surface area contributed by atoms with E-state index in [0.717, 1.165) is 17.5 Å². The van der Waals surface area contributed by atoms with E-state index in [9.17, 15) is 23.5 Å². The summed E-state index contributed by atoms with van der Waals surface area (Å²) in [5.41, 5.74) is 0.697. The third-order valence-electron chi connectivity index (χ3n) is 4.67. The zero-order valence-corrected chi connectivity index (χ0v) is 19.5. The van der Waals surface area contributed by atoms with E-state index in [1.165, 1.54) is 42.7 Å². The highest BCUT2D eigenvalue weighted by atomic mass is 32.1. The molecule has 4 aromatic heterocycles. The second-order valence-electron chi connectivity index (χ2n) is 6.98. The minimum absolute atomic E-state index is 0.109. The smallest absolute Gasteiger partial charge is 0.358 e. The monoisotopic (exact) mass is 502 g/mol. The molecule has 12 heteroatoms. The molecule has 4 heterocycles. The van der Waals surface area contributed by atoms with Crippen molar-refractivity contribution in [1.82, 2.24) is 19.9 Å². The predicted octanol–water partition coefficient (Wildman–Crippen LogP) is 4.58. The summed E-state index contributed by atoms with van der Waals surface area (Å²) in [4.78, 5) is 41.1. The number of halogens is 2. The van der Waals surface area contributed by atoms with Gasteiger partial charge in [0.2, 0.25) is 0 Å². The molecule has 4 rings (SSSR count). The molecule has 174 valence electrons. The number of aromatic nitrogens is 4. The molecule has 0 aliphatic carbocycles. The maximum absolute atomic E-state index is 14.5. The Bertz CT molecular complexity index is 1390. The number of aromatic carboxylic acids is 1. The number of carbonyl (C=O) groups is 2. The van der Waals surface area contributed by atoms with Crippen LogP contribution in [0, 0.1) is 18.6 Å². The predicted molar refractivity (Wildman–Crippen MR) is 121 cm³/mol. The standard InChI is InChI=1S/C22H16F2N4O4S2/c1-10-26-18(22(31)32-2)20(33-10)15-6-4-12(24)13(27-15)7-8-16-28-17(21(29)30)19(34-16)14-5-3-11(23)9-25-14/h3-6,9H,7-8H2,1-2H3,(H,29,30). The number of esters is 1. The molecule has 1 N–H and O–H groups in total. The molecule has 4 aromatic rings. The molecule has 0 aromatic carbocycles. The quantitative estimate of drug-likeness (QED) is 0.365. The van der Waals surface area contributed by atoms with E-state index >= 15 is 0 Å². The fraction of sp³-hybridized carbons (Fsp3) is 0.182. The zero-order valence-electron chi connectivity index (χ0n) is 17.8. The number of aryl methyl sites for hydroxylation is 3. The Balaban J connectivity index is 1.62. The van der Waals surface area contributed by atoms with E-state index in [-0.39, 0.29) is 40.5 Å². The average molecular weight is 503 g/mol. The Morgan fingerprint density at radius 1 is 0.971 bits per heavy atom. The van der Waals surface area contributed by atoms with Gasteiger partial charge < -0.3 is 9.84 Å². The molecule has 0 atom stereocenters. The van der Waals surface area contributed by atoms with Crippen LogP contribution in [0.5, 0.6) is 0 Å². The third-order valence-corrected chi connectivity index (χ3v) is 6.80. The van der Waals surface area contributed by atoms with Crippen molar-refractivity contribution in [1.29, 1.82) is 0 Å². The number of carboxylic acid groups (broad SMARTS) is 1. The second-order valence-corrected chi connectivity index (χ2v) is 9.27. The molecule has 0 aliphatic rings. The van der Waals surface area contributed by atoms with Gasteiger partial charge in [-0.3, -0.25) is 4.98 Å². The van der Waals surface area contributed by atoms with Crippen LogP contribution in [0.4, 0.5) is 8.78 Å². The van der Waals surface area contributed by atoms with Crippen molar-refractivity contribution in [2.24, 2.45) is 0 Å². The first kappa shape index (κ1) is 23.5. The van der Waals surface area contributed by atoms with E-state index in [2.05, 4.69) is 19.9 Å². The van der Waals surface area contributed by atoms with Crippen molar-refractivity contribution in [3.63, 3.8) is 0 Å². The highest BCUT2D eigenvalue weighted by molar-refractivity contribution is 7.15. The molecule has 34 heavy (non-hydrogen) atoms. The van der Waals surface area contributed by atoms with Gasteiger partial charge in [0.05, 0.1) is 50.2 Å². The van der Waals surface area contributed by atoms with Crippen LogP contribution in [0.25, 0.3) is 21.1 Å². The van der Waals surface area contributed by atoms with Crippen LogP contribution < -0.4 is 0 Å². The molecular weight excluding hydrogens is 486 g/mol. The van der Waals surface area contributed by atoms with Gasteiger partial charge in [-0.25, -0.2) is 33.3 Å². The number of ether oxygens (including phenoxy) is 1. The average Bonchev–Trinajstić information content (AvgIpc) is 3.42. The SMILES string of the molecule is COC(=O)c1nc(C)sc1-c1ccc(F)c(CCc2nc(C(=O)O)c(-c3ccc(F)cn3)s2)n1. The van der Waals surface area contributed by atoms with E-state index in [1.54, 1.807) is 6.92 Å². The summed E-state index contributed by atoms with van der Waals surface area (Å²) in [7, 11) is 1.25. The van der Waals surface area contributed by atoms with Crippen LogP contribution in [0.2, 0.25) is 0 Å². The van der Waals surface area contributed by atoms with E-state index in [1.807, 2.05) is 0 Å². The highest BCUT2D eigenvalue weighted by Crippen LogP contribution is 2.32. The lowest BCUT2D eigenvalue weighted by Gasteiger charge is -2.05. The summed E-state index contributed by atoms with van der Waals surface area (Å²) in [5.74, 6) is -2.94. The largest absolute Gasteiger partial charge is 0.476 e. The second kappa shape index (κ2) is 9.69. The van der Waals surface area contributed by atoms with Crippen molar-refractivity contribution in [2.45, 2.75) is 19.8 Å². The van der Waals surface area contributed by atoms with Gasteiger partial charge in [0.25, 0.3) is 0 Å². The first-order valence-electron chi connectivity index (χ1n) is 9.83. The van der Waals surface area contributed by atoms with Crippen molar-refractivity contribution in [2.75, 3.05) is 7.11 Å². The first-order valence-corrected chi connectivity index (χ1v) is 11.5. The van der Waals surface area contributed by atoms with Crippen LogP contribution in [0.3, 0.4) is 0 Å². The summed E-state index contributed by atoms with van der Waals surface area (Å²) < 4.78 is 32.5. The summed E-state index contributed by atoms with van der Waals surface area (Å²) in [5, 5.41) is 10.6. The minimum Gasteiger partial charge on any atom is -0.476 e. The first-order chi connectivity index (χ1) is 16.3. The normalized spacial score (nSPS) is 10.9. The molecule has 0 fully saturated rings. The Morgan fingerprint density at radius 3 is 2.38 bits per heavy atom. The number of hydrogen-bond donors (Lipinski definition) is 1. The fourth-order valence-electron chi connectivity index (χ4n) is 3.15. The van der Waals surface area contributed by atoms with Crippen molar-refractivity contribution >= 4 is 34.6 Å². The zero-order chi connectivity index (χ0) is 24.4. The number of methoxy groups -OCH3 is 1. The van der Waals surface area contributed by atoms with Crippen LogP contribution in [0.15, 0.2) is 30.5 Å². The summed E-state index contributed by atoms with van der Waals surface area (Å²) in [6.07, 6.45) is 1.34. The van der Waals surface area contributed by atoms with E-state index < -0.39 is 23.6 Å². The lowest BCUT2D eigenvalue weighted by molar-refractivity contribution is 0.0594. The summed E-state index contributed by atoms with van der Waals surface area (Å²) >= 11 is 2.33. The lowest BCUT2D eigenvalue weighted by Crippen LogP contribution is -2.05. The molecule has 0 unspecified atom stereocenters. The molecule has 0 aliphatic heterocycles. The van der Waals surface area contributed by atoms with Gasteiger partial charge in [-0.2, -0.15) is 0 Å². The number of carbonyl (C=O) groups excluding carboxylic acids is 1. The number of hydrogen-bond acceptors (Lipinski definition) is 9. The molecule has 0 amide bonds. The molecule has 0 bridgehead atoms. The third kappa shape index (κ3) is 4.82. The highest BCUT2D eigenvalue weighted by Gasteiger charge is 2.22. The number of pyridine rings is 2. The Kier molecular flexibility index (Phi) is 6.70. The van der Waals surface area contributed by atoms with Crippen molar-refractivity contribution in [3.05, 3.63) is 69.2 Å². The van der Waals surface area contributed by atoms with E-state index in [0.29, 0.717) is 20.6 Å². The lowest BCUT2D eigenvalue weighted by atomic mass is 10.2. The van der Waals surface area contributed by atoms with Gasteiger partial charge in [-0.1, -0.05) is 0 Å². The molecule has 0 spiro atoms. The molecular formula is C22H16F2N4O4S2. The molecule has 8 nitrogen and oxygen atoms in total. The van der Waals surface area contributed by atoms with Gasteiger partial charge in [0, 0.05) is 6.42 Å². The molecule has 0 saturated heterocycles. The minimum atomic E-state index is -1.24. The molecule has 0 saturated carbocycles. The number of rotatable bonds is 7. The van der Waals surface area contributed by atoms with Gasteiger partial charge in [-0.15, -0.1) is 22.7 Å². The van der Waals surface area contributed by atoms with E-state index in [4.69, 9.17) is 4.74 Å². The van der Waals surface area contributed by atoms with Gasteiger partial charge in [0.1, 0.15) is 11.6 Å². The summed E-state index contributed by atoms with van der Waals surface area (Å²) in [6.45, 7) is 1.74. The van der Waals surface area contributed by atoms with Gasteiger partial charge in [0.15, 0.2) is 11.4 Å². The maximum Gasteiger partial charge on any atom is 0.358 e. The van der Waals surface area contributed by atoms with Crippen LogP contribution in [0.1, 0.15) is 36.7 Å². The van der Waals surface area contributed by atoms with Crippen molar-refractivity contribution in [3.8, 4) is 21.1 Å². The van der Waals surface area contributed by atoms with Gasteiger partial charge >= 0.3 is 11.9 Å². The Hall–Kier alpha value is -3.64. The number of carboxylic acids is 1. The van der Waals surface area contributed by atoms with Crippen LogP contribution in [-0.2, 0) is 17.6 Å². The fourth-order valence-corrected chi connectivity index (χ4v) is 5.06. The van der Waals surface area contributed by atoms with Crippen LogP contribution >= 0.6 is 22.7 Å².